The van der Waals surface area contributed by atoms with Crippen molar-refractivity contribution in [3.8, 4) is 0 Å². The van der Waals surface area contributed by atoms with E-state index in [2.05, 4.69) is 10.3 Å². The van der Waals surface area contributed by atoms with Gasteiger partial charge in [0.25, 0.3) is 17.7 Å². The van der Waals surface area contributed by atoms with E-state index in [-0.39, 0.29) is 22.7 Å². The van der Waals surface area contributed by atoms with Crippen molar-refractivity contribution >= 4 is 23.4 Å². The lowest BCUT2D eigenvalue weighted by Gasteiger charge is -2.32. The van der Waals surface area contributed by atoms with E-state index < -0.39 is 17.6 Å². The maximum Gasteiger partial charge on any atom is 0.266 e. The van der Waals surface area contributed by atoms with Crippen molar-refractivity contribution in [2.24, 2.45) is 0 Å². The fourth-order valence-corrected chi connectivity index (χ4v) is 3.33. The zero-order valence-corrected chi connectivity index (χ0v) is 15.3. The molecule has 2 aromatic rings. The van der Waals surface area contributed by atoms with Crippen LogP contribution in [0.3, 0.4) is 0 Å². The number of nitrogens with zero attached hydrogens (tertiary/aromatic N) is 3. The summed E-state index contributed by atoms with van der Waals surface area (Å²) in [6, 6.07) is 9.57. The molecule has 2 aromatic carbocycles. The molecule has 1 N–H and O–H groups in total. The highest BCUT2D eigenvalue weighted by Crippen LogP contribution is 2.29. The second-order valence-electron chi connectivity index (χ2n) is 6.91. The number of carbonyl (C=O) groups is 3. The number of hydrazine groups is 1. The van der Waals surface area contributed by atoms with Gasteiger partial charge in [0.15, 0.2) is 0 Å². The van der Waals surface area contributed by atoms with Crippen molar-refractivity contribution in [3.05, 3.63) is 65.0 Å². The minimum absolute atomic E-state index is 0.167. The second kappa shape index (κ2) is 7.14. The Morgan fingerprint density at radius 1 is 0.929 bits per heavy atom. The molecule has 0 atom stereocenters. The average Bonchev–Trinajstić information content (AvgIpc) is 2.94. The molecule has 0 aliphatic carbocycles. The normalized spacial score (nSPS) is 17.7. The van der Waals surface area contributed by atoms with Gasteiger partial charge in [0, 0.05) is 31.7 Å². The molecule has 8 heteroatoms. The van der Waals surface area contributed by atoms with Gasteiger partial charge >= 0.3 is 0 Å². The van der Waals surface area contributed by atoms with Gasteiger partial charge in [-0.3, -0.25) is 19.8 Å². The summed E-state index contributed by atoms with van der Waals surface area (Å²) in [7, 11) is 2.02. The molecule has 2 heterocycles. The second-order valence-corrected chi connectivity index (χ2v) is 6.91. The number of nitrogens with one attached hydrogen (secondary N) is 1. The van der Waals surface area contributed by atoms with Crippen LogP contribution in [0.5, 0.6) is 0 Å². The molecule has 0 aromatic heterocycles. The third kappa shape index (κ3) is 3.28. The summed E-state index contributed by atoms with van der Waals surface area (Å²) in [5.74, 6) is -1.80. The number of amides is 3. The van der Waals surface area contributed by atoms with Gasteiger partial charge in [0.2, 0.25) is 0 Å². The molecule has 144 valence electrons. The Bertz CT molecular complexity index is 952. The van der Waals surface area contributed by atoms with E-state index in [1.54, 1.807) is 0 Å². The smallest absolute Gasteiger partial charge is 0.266 e. The topological polar surface area (TPSA) is 73.0 Å². The highest BCUT2D eigenvalue weighted by molar-refractivity contribution is 6.34. The molecule has 2 aliphatic heterocycles. The number of benzene rings is 2. The van der Waals surface area contributed by atoms with Crippen molar-refractivity contribution in [1.29, 1.82) is 0 Å². The summed E-state index contributed by atoms with van der Waals surface area (Å²) in [5, 5.41) is 1.84. The first-order chi connectivity index (χ1) is 13.4. The van der Waals surface area contributed by atoms with E-state index >= 15 is 0 Å². The standard InChI is InChI=1S/C20H19FN4O3/c1-23-8-10-24(11-9-23)22-18(26)13-2-7-16-17(12-13)20(28)25(19(16)27)15-5-3-14(21)4-6-15/h2-7,12H,8-11H2,1H3,(H,22,26). The number of halogens is 1. The van der Waals surface area contributed by atoms with Gasteiger partial charge in [-0.2, -0.15) is 0 Å². The number of likely N-dealkylation sites (N-methyl/N-ethyl adjacent to an activating group) is 1. The van der Waals surface area contributed by atoms with Crippen LogP contribution in [0.25, 0.3) is 0 Å². The van der Waals surface area contributed by atoms with Crippen LogP contribution in [0.1, 0.15) is 31.1 Å². The van der Waals surface area contributed by atoms with Gasteiger partial charge in [0.1, 0.15) is 5.82 Å². The van der Waals surface area contributed by atoms with Crippen LogP contribution in [0.15, 0.2) is 42.5 Å². The molecule has 0 spiro atoms. The Morgan fingerprint density at radius 2 is 1.57 bits per heavy atom. The van der Waals surface area contributed by atoms with Crippen molar-refractivity contribution in [1.82, 2.24) is 15.3 Å². The summed E-state index contributed by atoms with van der Waals surface area (Å²) in [5.41, 5.74) is 3.83. The molecule has 0 saturated carbocycles. The minimum Gasteiger partial charge on any atom is -0.304 e. The molecular weight excluding hydrogens is 363 g/mol. The van der Waals surface area contributed by atoms with Crippen LogP contribution in [0, 0.1) is 5.82 Å². The molecule has 0 bridgehead atoms. The molecule has 1 saturated heterocycles. The monoisotopic (exact) mass is 382 g/mol. The molecule has 7 nitrogen and oxygen atoms in total. The minimum atomic E-state index is -0.527. The number of anilines is 1. The summed E-state index contributed by atoms with van der Waals surface area (Å²) >= 11 is 0. The van der Waals surface area contributed by atoms with E-state index in [4.69, 9.17) is 0 Å². The SMILES string of the molecule is CN1CCN(NC(=O)c2ccc3c(c2)C(=O)N(c2ccc(F)cc2)C3=O)CC1. The Balaban J connectivity index is 1.55. The number of hydrogen-bond donors (Lipinski definition) is 1. The maximum absolute atomic E-state index is 13.1. The molecule has 1 fully saturated rings. The van der Waals surface area contributed by atoms with Crippen LogP contribution in [0.4, 0.5) is 10.1 Å². The number of rotatable bonds is 3. The summed E-state index contributed by atoms with van der Waals surface area (Å²) in [4.78, 5) is 41.1. The van der Waals surface area contributed by atoms with Crippen LogP contribution in [0.2, 0.25) is 0 Å². The Hall–Kier alpha value is -3.10. The van der Waals surface area contributed by atoms with Crippen molar-refractivity contribution in [2.75, 3.05) is 38.1 Å². The van der Waals surface area contributed by atoms with E-state index in [1.165, 1.54) is 42.5 Å². The summed E-state index contributed by atoms with van der Waals surface area (Å²) < 4.78 is 13.1. The predicted molar refractivity (Wildman–Crippen MR) is 101 cm³/mol. The number of imide groups is 1. The van der Waals surface area contributed by atoms with Gasteiger partial charge < -0.3 is 4.90 Å². The third-order valence-electron chi connectivity index (χ3n) is 5.00. The summed E-state index contributed by atoms with van der Waals surface area (Å²) in [6.07, 6.45) is 0. The van der Waals surface area contributed by atoms with Crippen LogP contribution >= 0.6 is 0 Å². The number of piperazine rings is 1. The molecule has 2 aliphatic rings. The van der Waals surface area contributed by atoms with Crippen LogP contribution in [-0.4, -0.2) is 60.9 Å². The first-order valence-electron chi connectivity index (χ1n) is 8.97. The fourth-order valence-electron chi connectivity index (χ4n) is 3.33. The van der Waals surface area contributed by atoms with Crippen LogP contribution < -0.4 is 10.3 Å². The highest BCUT2D eigenvalue weighted by atomic mass is 19.1. The van der Waals surface area contributed by atoms with E-state index in [0.29, 0.717) is 18.7 Å². The fraction of sp³-hybridized carbons (Fsp3) is 0.250. The van der Waals surface area contributed by atoms with E-state index in [1.807, 2.05) is 12.1 Å². The Labute approximate surface area is 161 Å². The van der Waals surface area contributed by atoms with Gasteiger partial charge in [-0.15, -0.1) is 0 Å². The third-order valence-corrected chi connectivity index (χ3v) is 5.00. The number of carbonyl (C=O) groups excluding carboxylic acids is 3. The van der Waals surface area contributed by atoms with Crippen molar-refractivity contribution in [2.45, 2.75) is 0 Å². The molecule has 28 heavy (non-hydrogen) atoms. The molecule has 0 unspecified atom stereocenters. The Kier molecular flexibility index (Phi) is 4.66. The molecule has 0 radical (unpaired) electrons. The van der Waals surface area contributed by atoms with E-state index in [0.717, 1.165) is 18.0 Å². The number of fused-ring (bicyclic) bond motifs is 1. The van der Waals surface area contributed by atoms with Gasteiger partial charge in [-0.25, -0.2) is 14.3 Å². The van der Waals surface area contributed by atoms with Crippen molar-refractivity contribution < 1.29 is 18.8 Å². The molecule has 3 amide bonds. The quantitative estimate of drug-likeness (QED) is 0.815. The first kappa shape index (κ1) is 18.3. The van der Waals surface area contributed by atoms with Gasteiger partial charge in [0.05, 0.1) is 16.8 Å². The van der Waals surface area contributed by atoms with E-state index in [9.17, 15) is 18.8 Å². The van der Waals surface area contributed by atoms with Gasteiger partial charge in [-0.05, 0) is 49.5 Å². The lowest BCUT2D eigenvalue weighted by atomic mass is 10.1. The lowest BCUT2D eigenvalue weighted by molar-refractivity contribution is 0.0662. The molecular formula is C20H19FN4O3. The Morgan fingerprint density at radius 3 is 2.25 bits per heavy atom. The average molecular weight is 382 g/mol. The number of hydrogen-bond acceptors (Lipinski definition) is 5. The summed E-state index contributed by atoms with van der Waals surface area (Å²) in [6.45, 7) is 3.13. The molecule has 4 rings (SSSR count). The zero-order valence-electron chi connectivity index (χ0n) is 15.3. The largest absolute Gasteiger partial charge is 0.304 e. The highest BCUT2D eigenvalue weighted by Gasteiger charge is 2.37. The lowest BCUT2D eigenvalue weighted by Crippen LogP contribution is -2.52. The van der Waals surface area contributed by atoms with Crippen molar-refractivity contribution in [3.63, 3.8) is 0 Å². The van der Waals surface area contributed by atoms with Gasteiger partial charge in [-0.1, -0.05) is 0 Å². The predicted octanol–water partition coefficient (Wildman–Crippen LogP) is 1.52. The maximum atomic E-state index is 13.1. The zero-order chi connectivity index (χ0) is 19.8. The van der Waals surface area contributed by atoms with Crippen LogP contribution in [-0.2, 0) is 0 Å². The first-order valence-corrected chi connectivity index (χ1v) is 8.97.